The van der Waals surface area contributed by atoms with Crippen LogP contribution in [0.1, 0.15) is 39.2 Å². The maximum atomic E-state index is 6.09. The Morgan fingerprint density at radius 3 is 2.62 bits per heavy atom. The minimum Gasteiger partial charge on any atom is -0.462 e. The Labute approximate surface area is 97.6 Å². The number of benzene rings is 1. The van der Waals surface area contributed by atoms with Crippen molar-refractivity contribution in [3.63, 3.8) is 0 Å². The van der Waals surface area contributed by atoms with Crippen LogP contribution in [0.4, 0.5) is 0 Å². The largest absolute Gasteiger partial charge is 0.462 e. The molecule has 0 aliphatic carbocycles. The Hall–Kier alpha value is -1.02. The standard InChI is InChI=1S/C14H20O2/c1-4-14(5-2)15-11(3)10-12-8-6-7-9-13(12)16-14/h6-9,11H,4-5,10H2,1-3H3. The second kappa shape index (κ2) is 4.46. The summed E-state index contributed by atoms with van der Waals surface area (Å²) in [6.07, 6.45) is 2.89. The normalized spacial score (nSPS) is 23.1. The number of hydrogen-bond donors (Lipinski definition) is 0. The van der Waals surface area contributed by atoms with E-state index in [1.165, 1.54) is 5.56 Å². The first kappa shape index (κ1) is 11.5. The van der Waals surface area contributed by atoms with Crippen molar-refractivity contribution in [3.8, 4) is 5.75 Å². The van der Waals surface area contributed by atoms with Crippen molar-refractivity contribution < 1.29 is 9.47 Å². The Balaban J connectivity index is 2.37. The van der Waals surface area contributed by atoms with E-state index in [1.807, 2.05) is 12.1 Å². The molecule has 1 heterocycles. The molecule has 88 valence electrons. The van der Waals surface area contributed by atoms with Crippen molar-refractivity contribution in [2.45, 2.75) is 51.9 Å². The van der Waals surface area contributed by atoms with Gasteiger partial charge in [0.25, 0.3) is 0 Å². The van der Waals surface area contributed by atoms with Crippen LogP contribution < -0.4 is 4.74 Å². The molecule has 0 bridgehead atoms. The molecule has 0 fully saturated rings. The number of rotatable bonds is 2. The average molecular weight is 220 g/mol. The fourth-order valence-electron chi connectivity index (χ4n) is 2.28. The summed E-state index contributed by atoms with van der Waals surface area (Å²) in [6.45, 7) is 6.35. The van der Waals surface area contributed by atoms with E-state index in [-0.39, 0.29) is 6.10 Å². The summed E-state index contributed by atoms with van der Waals surface area (Å²) in [5, 5.41) is 0. The minimum absolute atomic E-state index is 0.212. The van der Waals surface area contributed by atoms with Gasteiger partial charge in [-0.25, -0.2) is 0 Å². The third-order valence-electron chi connectivity index (χ3n) is 3.27. The lowest BCUT2D eigenvalue weighted by molar-refractivity contribution is -0.205. The summed E-state index contributed by atoms with van der Waals surface area (Å²) in [7, 11) is 0. The Morgan fingerprint density at radius 2 is 1.94 bits per heavy atom. The van der Waals surface area contributed by atoms with E-state index in [0.717, 1.165) is 25.0 Å². The molecule has 1 atom stereocenters. The molecule has 1 aromatic rings. The Bertz CT molecular complexity index is 356. The maximum absolute atomic E-state index is 6.09. The molecule has 0 saturated carbocycles. The van der Waals surface area contributed by atoms with Crippen molar-refractivity contribution in [1.29, 1.82) is 0 Å². The van der Waals surface area contributed by atoms with E-state index in [9.17, 15) is 0 Å². The van der Waals surface area contributed by atoms with Gasteiger partial charge in [-0.3, -0.25) is 0 Å². The molecule has 2 rings (SSSR count). The first-order valence-corrected chi connectivity index (χ1v) is 6.14. The second-order valence-corrected chi connectivity index (χ2v) is 4.46. The summed E-state index contributed by atoms with van der Waals surface area (Å²) < 4.78 is 12.1. The number of fused-ring (bicyclic) bond motifs is 1. The quantitative estimate of drug-likeness (QED) is 0.759. The molecule has 2 nitrogen and oxygen atoms in total. The molecule has 0 amide bonds. The van der Waals surface area contributed by atoms with Gasteiger partial charge in [-0.05, 0) is 18.6 Å². The van der Waals surface area contributed by atoms with E-state index < -0.39 is 5.79 Å². The van der Waals surface area contributed by atoms with Crippen molar-refractivity contribution in [3.05, 3.63) is 29.8 Å². The molecular formula is C14H20O2. The second-order valence-electron chi connectivity index (χ2n) is 4.46. The first-order chi connectivity index (χ1) is 7.69. The number of para-hydroxylation sites is 1. The third kappa shape index (κ3) is 2.07. The van der Waals surface area contributed by atoms with Crippen LogP contribution in [0.15, 0.2) is 24.3 Å². The van der Waals surface area contributed by atoms with Gasteiger partial charge in [-0.1, -0.05) is 32.0 Å². The van der Waals surface area contributed by atoms with E-state index in [1.54, 1.807) is 0 Å². The van der Waals surface area contributed by atoms with E-state index in [4.69, 9.17) is 9.47 Å². The third-order valence-corrected chi connectivity index (χ3v) is 3.27. The molecule has 1 unspecified atom stereocenters. The van der Waals surface area contributed by atoms with Crippen molar-refractivity contribution >= 4 is 0 Å². The Morgan fingerprint density at radius 1 is 1.25 bits per heavy atom. The lowest BCUT2D eigenvalue weighted by Crippen LogP contribution is -2.39. The zero-order valence-electron chi connectivity index (χ0n) is 10.3. The molecule has 1 aromatic carbocycles. The lowest BCUT2D eigenvalue weighted by atomic mass is 10.1. The average Bonchev–Trinajstić information content (AvgIpc) is 2.44. The molecule has 1 aliphatic heterocycles. The van der Waals surface area contributed by atoms with Gasteiger partial charge >= 0.3 is 0 Å². The summed E-state index contributed by atoms with van der Waals surface area (Å²) in [5.41, 5.74) is 1.25. The molecule has 0 N–H and O–H groups in total. The molecule has 2 heteroatoms. The fourth-order valence-corrected chi connectivity index (χ4v) is 2.28. The SMILES string of the molecule is CCC1(CC)Oc2ccccc2CC(C)O1. The summed E-state index contributed by atoms with van der Waals surface area (Å²) in [5.74, 6) is 0.544. The molecule has 16 heavy (non-hydrogen) atoms. The molecule has 0 aromatic heterocycles. The topological polar surface area (TPSA) is 18.5 Å². The highest BCUT2D eigenvalue weighted by Crippen LogP contribution is 2.34. The van der Waals surface area contributed by atoms with Crippen molar-refractivity contribution in [2.75, 3.05) is 0 Å². The highest BCUT2D eigenvalue weighted by atomic mass is 16.7. The van der Waals surface area contributed by atoms with Crippen LogP contribution in [-0.4, -0.2) is 11.9 Å². The minimum atomic E-state index is -0.438. The highest BCUT2D eigenvalue weighted by molar-refractivity contribution is 5.34. The molecule has 1 aliphatic rings. The van der Waals surface area contributed by atoms with Gasteiger partial charge in [-0.2, -0.15) is 0 Å². The first-order valence-electron chi connectivity index (χ1n) is 6.14. The predicted molar refractivity (Wildman–Crippen MR) is 64.6 cm³/mol. The van der Waals surface area contributed by atoms with Gasteiger partial charge in [0.1, 0.15) is 5.75 Å². The number of ether oxygens (including phenoxy) is 2. The zero-order chi connectivity index (χ0) is 11.6. The van der Waals surface area contributed by atoms with Gasteiger partial charge < -0.3 is 9.47 Å². The summed E-state index contributed by atoms with van der Waals surface area (Å²) in [6, 6.07) is 8.23. The van der Waals surface area contributed by atoms with Gasteiger partial charge in [0, 0.05) is 19.3 Å². The zero-order valence-corrected chi connectivity index (χ0v) is 10.3. The van der Waals surface area contributed by atoms with Crippen LogP contribution >= 0.6 is 0 Å². The van der Waals surface area contributed by atoms with E-state index in [0.29, 0.717) is 0 Å². The van der Waals surface area contributed by atoms with Crippen molar-refractivity contribution in [2.24, 2.45) is 0 Å². The molecule has 0 spiro atoms. The van der Waals surface area contributed by atoms with Gasteiger partial charge in [0.2, 0.25) is 5.79 Å². The van der Waals surface area contributed by atoms with Gasteiger partial charge in [0.15, 0.2) is 0 Å². The van der Waals surface area contributed by atoms with Crippen LogP contribution in [-0.2, 0) is 11.2 Å². The van der Waals surface area contributed by atoms with Crippen LogP contribution in [0.2, 0.25) is 0 Å². The summed E-state index contributed by atoms with van der Waals surface area (Å²) in [4.78, 5) is 0. The molecular weight excluding hydrogens is 200 g/mol. The number of hydrogen-bond acceptors (Lipinski definition) is 2. The van der Waals surface area contributed by atoms with Crippen LogP contribution in [0.3, 0.4) is 0 Å². The predicted octanol–water partition coefficient (Wildman–Crippen LogP) is 3.54. The Kier molecular flexibility index (Phi) is 3.20. The lowest BCUT2D eigenvalue weighted by Gasteiger charge is -2.32. The molecule has 0 radical (unpaired) electrons. The highest BCUT2D eigenvalue weighted by Gasteiger charge is 2.34. The monoisotopic (exact) mass is 220 g/mol. The molecule has 0 saturated heterocycles. The van der Waals surface area contributed by atoms with Crippen molar-refractivity contribution in [1.82, 2.24) is 0 Å². The van der Waals surface area contributed by atoms with E-state index >= 15 is 0 Å². The van der Waals surface area contributed by atoms with E-state index in [2.05, 4.69) is 32.9 Å². The maximum Gasteiger partial charge on any atom is 0.210 e. The van der Waals surface area contributed by atoms with Crippen LogP contribution in [0.25, 0.3) is 0 Å². The van der Waals surface area contributed by atoms with Gasteiger partial charge in [0.05, 0.1) is 6.10 Å². The smallest absolute Gasteiger partial charge is 0.210 e. The van der Waals surface area contributed by atoms with Gasteiger partial charge in [-0.15, -0.1) is 0 Å². The van der Waals surface area contributed by atoms with Crippen LogP contribution in [0.5, 0.6) is 5.75 Å². The summed E-state index contributed by atoms with van der Waals surface area (Å²) >= 11 is 0. The van der Waals surface area contributed by atoms with Crippen LogP contribution in [0, 0.1) is 0 Å². The fraction of sp³-hybridized carbons (Fsp3) is 0.571.